The van der Waals surface area contributed by atoms with Crippen LogP contribution in [0.15, 0.2) is 0 Å². The van der Waals surface area contributed by atoms with Crippen LogP contribution in [-0.4, -0.2) is 48.2 Å². The van der Waals surface area contributed by atoms with Gasteiger partial charge in [0.05, 0.1) is 18.8 Å². The quantitative estimate of drug-likeness (QED) is 0.606. The molecule has 0 spiro atoms. The summed E-state index contributed by atoms with van der Waals surface area (Å²) in [5.41, 5.74) is 0. The highest BCUT2D eigenvalue weighted by Crippen LogP contribution is 2.29. The van der Waals surface area contributed by atoms with E-state index in [-0.39, 0.29) is 18.6 Å². The van der Waals surface area contributed by atoms with E-state index >= 15 is 0 Å². The highest BCUT2D eigenvalue weighted by molar-refractivity contribution is 4.76. The Morgan fingerprint density at radius 2 is 1.95 bits per heavy atom. The molecule has 1 aliphatic rings. The fourth-order valence-corrected chi connectivity index (χ4v) is 2.83. The summed E-state index contributed by atoms with van der Waals surface area (Å²) in [6, 6.07) is 0.202. The average molecular weight is 287 g/mol. The molecule has 20 heavy (non-hydrogen) atoms. The van der Waals surface area contributed by atoms with Crippen LogP contribution in [-0.2, 0) is 4.74 Å². The third-order valence-electron chi connectivity index (χ3n) is 4.68. The fourth-order valence-electron chi connectivity index (χ4n) is 2.83. The lowest BCUT2D eigenvalue weighted by atomic mass is 9.85. The topological polar surface area (TPSA) is 61.7 Å². The minimum Gasteiger partial charge on any atom is -0.396 e. The van der Waals surface area contributed by atoms with Gasteiger partial charge in [0.2, 0.25) is 0 Å². The van der Waals surface area contributed by atoms with E-state index in [2.05, 4.69) is 12.2 Å². The van der Waals surface area contributed by atoms with E-state index in [1.165, 1.54) is 25.7 Å². The van der Waals surface area contributed by atoms with Crippen LogP contribution in [0.3, 0.4) is 0 Å². The zero-order chi connectivity index (χ0) is 15.0. The second-order valence-corrected chi connectivity index (χ2v) is 6.34. The normalized spacial score (nSPS) is 28.1. The molecule has 4 nitrogen and oxygen atoms in total. The molecule has 5 unspecified atom stereocenters. The van der Waals surface area contributed by atoms with Crippen molar-refractivity contribution >= 4 is 0 Å². The summed E-state index contributed by atoms with van der Waals surface area (Å²) in [7, 11) is 0. The molecule has 0 aromatic heterocycles. The first kappa shape index (κ1) is 17.9. The van der Waals surface area contributed by atoms with E-state index in [1.807, 2.05) is 13.8 Å². The van der Waals surface area contributed by atoms with Crippen LogP contribution in [0, 0.1) is 11.8 Å². The van der Waals surface area contributed by atoms with Gasteiger partial charge >= 0.3 is 0 Å². The number of hydrogen-bond donors (Lipinski definition) is 3. The summed E-state index contributed by atoms with van der Waals surface area (Å²) in [6.45, 7) is 7.35. The van der Waals surface area contributed by atoms with Gasteiger partial charge in [0.15, 0.2) is 0 Å². The lowest BCUT2D eigenvalue weighted by Crippen LogP contribution is -2.41. The summed E-state index contributed by atoms with van der Waals surface area (Å²) < 4.78 is 5.93. The highest BCUT2D eigenvalue weighted by atomic mass is 16.5. The predicted octanol–water partition coefficient (Wildman–Crippen LogP) is 1.94. The smallest absolute Gasteiger partial charge is 0.0897 e. The standard InChI is InChI=1S/C16H33NO3/c1-4-14-7-5-6-8-16(14)20-11-15(19)9-17-13(3)12(2)10-18/h12-19H,4-11H2,1-3H3. The van der Waals surface area contributed by atoms with Crippen molar-refractivity contribution in [3.05, 3.63) is 0 Å². The Kier molecular flexibility index (Phi) is 8.69. The summed E-state index contributed by atoms with van der Waals surface area (Å²) in [4.78, 5) is 0. The minimum atomic E-state index is -0.470. The van der Waals surface area contributed by atoms with Crippen molar-refractivity contribution in [3.63, 3.8) is 0 Å². The van der Waals surface area contributed by atoms with E-state index in [4.69, 9.17) is 9.84 Å². The fraction of sp³-hybridized carbons (Fsp3) is 1.00. The second kappa shape index (κ2) is 9.72. The molecule has 0 aromatic rings. The number of rotatable bonds is 9. The Bertz CT molecular complexity index is 250. The zero-order valence-corrected chi connectivity index (χ0v) is 13.3. The molecular weight excluding hydrogens is 254 g/mol. The minimum absolute atomic E-state index is 0.168. The Hall–Kier alpha value is -0.160. The van der Waals surface area contributed by atoms with Crippen LogP contribution in [0.25, 0.3) is 0 Å². The first-order valence-corrected chi connectivity index (χ1v) is 8.22. The van der Waals surface area contributed by atoms with Crippen LogP contribution >= 0.6 is 0 Å². The Balaban J connectivity index is 2.20. The van der Waals surface area contributed by atoms with E-state index in [9.17, 15) is 5.11 Å². The van der Waals surface area contributed by atoms with Crippen LogP contribution in [0.4, 0.5) is 0 Å². The number of nitrogens with one attached hydrogen (secondary N) is 1. The van der Waals surface area contributed by atoms with Gasteiger partial charge in [-0.05, 0) is 31.6 Å². The van der Waals surface area contributed by atoms with Crippen LogP contribution < -0.4 is 5.32 Å². The molecule has 120 valence electrons. The molecule has 0 saturated heterocycles. The van der Waals surface area contributed by atoms with Crippen molar-refractivity contribution in [2.75, 3.05) is 19.8 Å². The molecule has 3 N–H and O–H groups in total. The largest absolute Gasteiger partial charge is 0.396 e. The third-order valence-corrected chi connectivity index (χ3v) is 4.68. The molecular formula is C16H33NO3. The summed E-state index contributed by atoms with van der Waals surface area (Å²) in [5, 5.41) is 22.3. The van der Waals surface area contributed by atoms with Gasteiger partial charge in [-0.2, -0.15) is 0 Å². The lowest BCUT2D eigenvalue weighted by Gasteiger charge is -2.31. The van der Waals surface area contributed by atoms with E-state index in [1.54, 1.807) is 0 Å². The molecule has 1 fully saturated rings. The molecule has 1 rings (SSSR count). The van der Waals surface area contributed by atoms with Crippen molar-refractivity contribution in [1.29, 1.82) is 0 Å². The number of ether oxygens (including phenoxy) is 1. The number of hydrogen-bond acceptors (Lipinski definition) is 4. The van der Waals surface area contributed by atoms with Gasteiger partial charge < -0.3 is 20.3 Å². The lowest BCUT2D eigenvalue weighted by molar-refractivity contribution is -0.0505. The Labute approximate surface area is 123 Å². The van der Waals surface area contributed by atoms with E-state index in [0.29, 0.717) is 25.2 Å². The molecule has 0 heterocycles. The van der Waals surface area contributed by atoms with Gasteiger partial charge in [-0.25, -0.2) is 0 Å². The molecule has 1 saturated carbocycles. The van der Waals surface area contributed by atoms with Crippen LogP contribution in [0.5, 0.6) is 0 Å². The van der Waals surface area contributed by atoms with Gasteiger partial charge in [0, 0.05) is 19.2 Å². The molecule has 1 aliphatic carbocycles. The van der Waals surface area contributed by atoms with Crippen LogP contribution in [0.2, 0.25) is 0 Å². The maximum absolute atomic E-state index is 9.99. The van der Waals surface area contributed by atoms with Crippen molar-refractivity contribution in [2.24, 2.45) is 11.8 Å². The molecule has 0 bridgehead atoms. The van der Waals surface area contributed by atoms with Gasteiger partial charge in [-0.15, -0.1) is 0 Å². The maximum atomic E-state index is 9.99. The van der Waals surface area contributed by atoms with Crippen molar-refractivity contribution in [3.8, 4) is 0 Å². The van der Waals surface area contributed by atoms with Gasteiger partial charge in [-0.3, -0.25) is 0 Å². The summed E-state index contributed by atoms with van der Waals surface area (Å²) >= 11 is 0. The molecule has 0 radical (unpaired) electrons. The Morgan fingerprint density at radius 3 is 2.60 bits per heavy atom. The highest BCUT2D eigenvalue weighted by Gasteiger charge is 2.25. The number of aliphatic hydroxyl groups excluding tert-OH is 2. The average Bonchev–Trinajstić information content (AvgIpc) is 2.49. The van der Waals surface area contributed by atoms with Crippen molar-refractivity contribution in [1.82, 2.24) is 5.32 Å². The molecule has 0 aromatic carbocycles. The van der Waals surface area contributed by atoms with E-state index < -0.39 is 6.10 Å². The molecule has 4 heteroatoms. The molecule has 0 amide bonds. The van der Waals surface area contributed by atoms with Gasteiger partial charge in [0.25, 0.3) is 0 Å². The molecule has 5 atom stereocenters. The molecule has 0 aliphatic heterocycles. The number of aliphatic hydroxyl groups is 2. The predicted molar refractivity (Wildman–Crippen MR) is 81.7 cm³/mol. The third kappa shape index (κ3) is 6.08. The monoisotopic (exact) mass is 287 g/mol. The summed E-state index contributed by atoms with van der Waals surface area (Å²) in [6.07, 6.45) is 6.00. The maximum Gasteiger partial charge on any atom is 0.0897 e. The first-order valence-electron chi connectivity index (χ1n) is 8.22. The van der Waals surface area contributed by atoms with E-state index in [0.717, 1.165) is 6.42 Å². The second-order valence-electron chi connectivity index (χ2n) is 6.34. The SMILES string of the molecule is CCC1CCCCC1OCC(O)CNC(C)C(C)CO. The van der Waals surface area contributed by atoms with Crippen LogP contribution in [0.1, 0.15) is 52.9 Å². The van der Waals surface area contributed by atoms with Crippen molar-refractivity contribution in [2.45, 2.75) is 71.1 Å². The first-order chi connectivity index (χ1) is 9.58. The van der Waals surface area contributed by atoms with Gasteiger partial charge in [0.1, 0.15) is 0 Å². The summed E-state index contributed by atoms with van der Waals surface area (Å²) in [5.74, 6) is 0.864. The van der Waals surface area contributed by atoms with Crippen molar-refractivity contribution < 1.29 is 14.9 Å². The van der Waals surface area contributed by atoms with Gasteiger partial charge in [-0.1, -0.05) is 33.1 Å². The zero-order valence-electron chi connectivity index (χ0n) is 13.3. The Morgan fingerprint density at radius 1 is 1.25 bits per heavy atom.